The van der Waals surface area contributed by atoms with Gasteiger partial charge in [-0.1, -0.05) is 11.6 Å². The number of carbonyl (C=O) groups is 2. The number of amides is 1. The van der Waals surface area contributed by atoms with E-state index in [4.69, 9.17) is 11.6 Å². The number of hydrogen-bond donors (Lipinski definition) is 1. The van der Waals surface area contributed by atoms with Gasteiger partial charge in [0.15, 0.2) is 5.78 Å². The maximum atomic E-state index is 12.2. The minimum Gasteiger partial charge on any atom is -0.354 e. The Hall–Kier alpha value is -2.51. The molecule has 26 heavy (non-hydrogen) atoms. The predicted octanol–water partition coefficient (Wildman–Crippen LogP) is 2.89. The van der Waals surface area contributed by atoms with E-state index >= 15 is 0 Å². The summed E-state index contributed by atoms with van der Waals surface area (Å²) in [6.07, 6.45) is 1.70. The smallest absolute Gasteiger partial charge is 0.262 e. The van der Waals surface area contributed by atoms with E-state index in [0.717, 1.165) is 0 Å². The number of carbonyl (C=O) groups excluding carboxylic acids is 2. The summed E-state index contributed by atoms with van der Waals surface area (Å²) in [5.74, 6) is -0.343. The third kappa shape index (κ3) is 4.36. The highest BCUT2D eigenvalue weighted by molar-refractivity contribution is 7.16. The van der Waals surface area contributed by atoms with E-state index in [-0.39, 0.29) is 30.1 Å². The number of halogens is 1. The summed E-state index contributed by atoms with van der Waals surface area (Å²) >= 11 is 7.20. The van der Waals surface area contributed by atoms with Gasteiger partial charge in [0, 0.05) is 36.5 Å². The molecule has 0 saturated heterocycles. The van der Waals surface area contributed by atoms with Crippen molar-refractivity contribution < 1.29 is 9.59 Å². The second-order valence-electron chi connectivity index (χ2n) is 5.66. The van der Waals surface area contributed by atoms with Gasteiger partial charge in [-0.25, -0.2) is 4.98 Å². The van der Waals surface area contributed by atoms with Crippen LogP contribution in [0.5, 0.6) is 0 Å². The van der Waals surface area contributed by atoms with Gasteiger partial charge in [-0.3, -0.25) is 19.0 Å². The van der Waals surface area contributed by atoms with Crippen molar-refractivity contribution in [3.05, 3.63) is 63.0 Å². The number of ketones is 1. The van der Waals surface area contributed by atoms with Gasteiger partial charge in [-0.15, -0.1) is 11.3 Å². The lowest BCUT2D eigenvalue weighted by molar-refractivity contribution is -0.121. The highest BCUT2D eigenvalue weighted by Crippen LogP contribution is 2.13. The summed E-state index contributed by atoms with van der Waals surface area (Å²) in [6.45, 7) is 0.625. The van der Waals surface area contributed by atoms with E-state index in [1.807, 2.05) is 5.38 Å². The highest BCUT2D eigenvalue weighted by Gasteiger charge is 2.10. The van der Waals surface area contributed by atoms with Gasteiger partial charge < -0.3 is 5.32 Å². The first-order valence-corrected chi connectivity index (χ1v) is 9.28. The van der Waals surface area contributed by atoms with Crippen molar-refractivity contribution in [1.29, 1.82) is 0 Å². The van der Waals surface area contributed by atoms with Gasteiger partial charge in [0.05, 0.1) is 11.7 Å². The number of nitrogens with one attached hydrogen (secondary N) is 1. The van der Waals surface area contributed by atoms with Crippen LogP contribution in [0.2, 0.25) is 5.02 Å². The monoisotopic (exact) mass is 389 g/mol. The Bertz CT molecular complexity index is 995. The quantitative estimate of drug-likeness (QED) is 0.630. The van der Waals surface area contributed by atoms with Gasteiger partial charge in [-0.2, -0.15) is 0 Å². The lowest BCUT2D eigenvalue weighted by atomic mass is 10.1. The standard InChI is InChI=1S/C18H16ClN3O3S/c19-13-3-1-12(2-4-13)15(23)5-6-16(24)20-8-9-22-11-21-17-14(18(22)25)7-10-26-17/h1-4,7,10-11H,5-6,8-9H2,(H,20,24). The van der Waals surface area contributed by atoms with Crippen LogP contribution in [0, 0.1) is 0 Å². The molecule has 0 fully saturated rings. The van der Waals surface area contributed by atoms with Crippen LogP contribution in [0.3, 0.4) is 0 Å². The lowest BCUT2D eigenvalue weighted by Crippen LogP contribution is -2.31. The molecule has 6 nitrogen and oxygen atoms in total. The summed E-state index contributed by atoms with van der Waals surface area (Å²) in [6, 6.07) is 8.31. The Morgan fingerprint density at radius 2 is 1.92 bits per heavy atom. The van der Waals surface area contributed by atoms with Gasteiger partial charge >= 0.3 is 0 Å². The third-order valence-electron chi connectivity index (χ3n) is 3.87. The van der Waals surface area contributed by atoms with E-state index in [9.17, 15) is 14.4 Å². The maximum Gasteiger partial charge on any atom is 0.262 e. The number of rotatable bonds is 7. The topological polar surface area (TPSA) is 81.1 Å². The second-order valence-corrected chi connectivity index (χ2v) is 6.99. The van der Waals surface area contributed by atoms with Crippen LogP contribution in [0.25, 0.3) is 10.2 Å². The first-order valence-electron chi connectivity index (χ1n) is 8.03. The summed E-state index contributed by atoms with van der Waals surface area (Å²) in [7, 11) is 0. The largest absolute Gasteiger partial charge is 0.354 e. The fraction of sp³-hybridized carbons (Fsp3) is 0.222. The molecule has 0 bridgehead atoms. The Balaban J connectivity index is 1.46. The lowest BCUT2D eigenvalue weighted by Gasteiger charge is -2.07. The predicted molar refractivity (Wildman–Crippen MR) is 102 cm³/mol. The third-order valence-corrected chi connectivity index (χ3v) is 4.94. The van der Waals surface area contributed by atoms with E-state index in [0.29, 0.717) is 33.9 Å². The molecule has 0 aliphatic heterocycles. The number of hydrogen-bond acceptors (Lipinski definition) is 5. The van der Waals surface area contributed by atoms with Crippen LogP contribution in [0.15, 0.2) is 46.8 Å². The first-order chi connectivity index (χ1) is 12.5. The molecular formula is C18H16ClN3O3S. The van der Waals surface area contributed by atoms with Crippen molar-refractivity contribution >= 4 is 44.8 Å². The van der Waals surface area contributed by atoms with Crippen molar-refractivity contribution in [2.24, 2.45) is 0 Å². The molecule has 0 spiro atoms. The van der Waals surface area contributed by atoms with Crippen LogP contribution in [-0.4, -0.2) is 27.8 Å². The molecule has 8 heteroatoms. The normalized spacial score (nSPS) is 10.8. The molecule has 0 atom stereocenters. The van der Waals surface area contributed by atoms with E-state index in [2.05, 4.69) is 10.3 Å². The van der Waals surface area contributed by atoms with Crippen molar-refractivity contribution in [3.63, 3.8) is 0 Å². The molecule has 3 rings (SSSR count). The number of fused-ring (bicyclic) bond motifs is 1. The summed E-state index contributed by atoms with van der Waals surface area (Å²) in [5, 5.41) is 5.68. The zero-order valence-electron chi connectivity index (χ0n) is 13.8. The van der Waals surface area contributed by atoms with E-state index in [1.54, 1.807) is 30.3 Å². The summed E-state index contributed by atoms with van der Waals surface area (Å²) in [5.41, 5.74) is 0.410. The Kier molecular flexibility index (Phi) is 5.80. The van der Waals surface area contributed by atoms with Crippen LogP contribution in [0.1, 0.15) is 23.2 Å². The average molecular weight is 390 g/mol. The molecule has 0 radical (unpaired) electrons. The summed E-state index contributed by atoms with van der Waals surface area (Å²) in [4.78, 5) is 41.1. The molecule has 3 aromatic rings. The van der Waals surface area contributed by atoms with Crippen molar-refractivity contribution in [2.45, 2.75) is 19.4 Å². The number of Topliss-reactive ketones (excluding diaryl/α,β-unsaturated/α-hetero) is 1. The fourth-order valence-corrected chi connectivity index (χ4v) is 3.31. The van der Waals surface area contributed by atoms with Crippen LogP contribution in [0.4, 0.5) is 0 Å². The number of aromatic nitrogens is 2. The second kappa shape index (κ2) is 8.25. The minimum absolute atomic E-state index is 0.0954. The van der Waals surface area contributed by atoms with E-state index in [1.165, 1.54) is 22.2 Å². The van der Waals surface area contributed by atoms with Gasteiger partial charge in [0.1, 0.15) is 4.83 Å². The molecular weight excluding hydrogens is 374 g/mol. The van der Waals surface area contributed by atoms with Crippen molar-refractivity contribution in [2.75, 3.05) is 6.54 Å². The maximum absolute atomic E-state index is 12.2. The number of benzene rings is 1. The molecule has 0 aliphatic rings. The molecule has 0 aliphatic carbocycles. The molecule has 1 aromatic carbocycles. The van der Waals surface area contributed by atoms with Gasteiger partial charge in [0.2, 0.25) is 5.91 Å². The molecule has 2 aromatic heterocycles. The molecule has 0 unspecified atom stereocenters. The zero-order chi connectivity index (χ0) is 18.5. The first kappa shape index (κ1) is 18.3. The highest BCUT2D eigenvalue weighted by atomic mass is 35.5. The molecule has 1 amide bonds. The Morgan fingerprint density at radius 3 is 2.69 bits per heavy atom. The van der Waals surface area contributed by atoms with Gasteiger partial charge in [-0.05, 0) is 35.7 Å². The number of nitrogens with zero attached hydrogens (tertiary/aromatic N) is 2. The minimum atomic E-state index is -0.232. The van der Waals surface area contributed by atoms with Crippen molar-refractivity contribution in [1.82, 2.24) is 14.9 Å². The fourth-order valence-electron chi connectivity index (χ4n) is 2.46. The van der Waals surface area contributed by atoms with E-state index < -0.39 is 0 Å². The molecule has 134 valence electrons. The van der Waals surface area contributed by atoms with Crippen LogP contribution < -0.4 is 10.9 Å². The van der Waals surface area contributed by atoms with Crippen molar-refractivity contribution in [3.8, 4) is 0 Å². The molecule has 2 heterocycles. The Labute approximate surface area is 158 Å². The molecule has 0 saturated carbocycles. The summed E-state index contributed by atoms with van der Waals surface area (Å²) < 4.78 is 1.47. The number of thiophene rings is 1. The SMILES string of the molecule is O=C(CCC(=O)c1ccc(Cl)cc1)NCCn1cnc2sccc2c1=O. The zero-order valence-corrected chi connectivity index (χ0v) is 15.3. The average Bonchev–Trinajstić information content (AvgIpc) is 3.12. The van der Waals surface area contributed by atoms with Crippen LogP contribution >= 0.6 is 22.9 Å². The molecule has 1 N–H and O–H groups in total. The Morgan fingerprint density at radius 1 is 1.15 bits per heavy atom. The van der Waals surface area contributed by atoms with Crippen LogP contribution in [-0.2, 0) is 11.3 Å². The van der Waals surface area contributed by atoms with Gasteiger partial charge in [0.25, 0.3) is 5.56 Å².